The van der Waals surface area contributed by atoms with Crippen LogP contribution in [0.4, 0.5) is 17.1 Å². The maximum absolute atomic E-state index is 13.3. The third-order valence-corrected chi connectivity index (χ3v) is 10.3. The van der Waals surface area contributed by atoms with Crippen LogP contribution in [0.25, 0.3) is 44.2 Å². The second kappa shape index (κ2) is 9.22. The van der Waals surface area contributed by atoms with Gasteiger partial charge in [-0.1, -0.05) is 98.4 Å². The highest BCUT2D eigenvalue weighted by atomic mass is 32.2. The lowest BCUT2D eigenvalue weighted by Crippen LogP contribution is -2.32. The molecule has 0 bridgehead atoms. The minimum Gasteiger partial charge on any atom is -0.456 e. The Balaban J connectivity index is 1.14. The van der Waals surface area contributed by atoms with Crippen LogP contribution >= 0.6 is 11.8 Å². The molecule has 2 aliphatic heterocycles. The third kappa shape index (κ3) is 3.61. The van der Waals surface area contributed by atoms with Gasteiger partial charge < -0.3 is 9.32 Å². The van der Waals surface area contributed by atoms with Gasteiger partial charge in [0.25, 0.3) is 0 Å². The molecule has 0 saturated carbocycles. The number of hydrogen-bond acceptors (Lipinski definition) is 4. The van der Waals surface area contributed by atoms with Crippen molar-refractivity contribution in [1.29, 1.82) is 0 Å². The molecular weight excluding hydrogens is 559 g/mol. The molecule has 0 saturated heterocycles. The Morgan fingerprint density at radius 1 is 0.568 bits per heavy atom. The maximum atomic E-state index is 13.3. The Hall–Kier alpha value is -5.06. The molecule has 44 heavy (non-hydrogen) atoms. The van der Waals surface area contributed by atoms with Crippen LogP contribution in [-0.2, 0) is 5.41 Å². The van der Waals surface area contributed by atoms with E-state index in [-0.39, 0.29) is 10.8 Å². The SMILES string of the molecule is CC1(C)c2ccccc2N2c3ccc(-c4cccc(-c5ccc6oc7ccccc7c(=O)c6c5)c4)cc3Sc3cccc1c32. The molecule has 6 aromatic carbocycles. The smallest absolute Gasteiger partial charge is 0.200 e. The summed E-state index contributed by atoms with van der Waals surface area (Å²) in [5, 5.41) is 1.20. The van der Waals surface area contributed by atoms with Gasteiger partial charge in [0.05, 0.1) is 27.8 Å². The van der Waals surface area contributed by atoms with Gasteiger partial charge >= 0.3 is 0 Å². The standard InChI is InChI=1S/C40H27NO2S/c1-40(2)30-12-4-5-14-32(30)41-33-19-17-27(23-37(33)44-36-16-8-13-31(40)38(36)41)25-10-7-9-24(21-25)26-18-20-35-29(22-26)39(42)28-11-3-6-15-34(28)43-35/h3-23H,1-2H3. The molecule has 1 aromatic heterocycles. The summed E-state index contributed by atoms with van der Waals surface area (Å²) >= 11 is 1.85. The minimum atomic E-state index is -0.0757. The number of hydrogen-bond donors (Lipinski definition) is 0. The van der Waals surface area contributed by atoms with E-state index in [4.69, 9.17) is 4.42 Å². The summed E-state index contributed by atoms with van der Waals surface area (Å²) < 4.78 is 6.05. The number of para-hydroxylation sites is 3. The molecule has 0 spiro atoms. The highest BCUT2D eigenvalue weighted by Crippen LogP contribution is 2.60. The molecule has 0 atom stereocenters. The van der Waals surface area contributed by atoms with E-state index in [1.807, 2.05) is 54.2 Å². The average Bonchev–Trinajstić information content (AvgIpc) is 3.06. The highest BCUT2D eigenvalue weighted by Gasteiger charge is 2.40. The first kappa shape index (κ1) is 25.4. The Labute approximate surface area is 259 Å². The van der Waals surface area contributed by atoms with Gasteiger partial charge in [0, 0.05) is 15.2 Å². The average molecular weight is 586 g/mol. The van der Waals surface area contributed by atoms with E-state index in [2.05, 4.69) is 104 Å². The lowest BCUT2D eigenvalue weighted by molar-refractivity contribution is 0.628. The van der Waals surface area contributed by atoms with Gasteiger partial charge in [-0.15, -0.1) is 0 Å². The molecule has 3 nitrogen and oxygen atoms in total. The van der Waals surface area contributed by atoms with E-state index in [1.165, 1.54) is 38.0 Å². The Kier molecular flexibility index (Phi) is 5.33. The van der Waals surface area contributed by atoms with Gasteiger partial charge in [-0.05, 0) is 88.0 Å². The zero-order valence-electron chi connectivity index (χ0n) is 24.3. The Morgan fingerprint density at radius 2 is 1.25 bits per heavy atom. The van der Waals surface area contributed by atoms with Crippen LogP contribution in [-0.4, -0.2) is 0 Å². The predicted octanol–water partition coefficient (Wildman–Crippen LogP) is 10.9. The first-order valence-electron chi connectivity index (χ1n) is 14.9. The lowest BCUT2D eigenvalue weighted by atomic mass is 9.73. The fourth-order valence-corrected chi connectivity index (χ4v) is 8.12. The van der Waals surface area contributed by atoms with Crippen LogP contribution in [0.15, 0.2) is 146 Å². The van der Waals surface area contributed by atoms with Gasteiger partial charge in [0.15, 0.2) is 0 Å². The van der Waals surface area contributed by atoms with Gasteiger partial charge in [-0.25, -0.2) is 0 Å². The fourth-order valence-electron chi connectivity index (χ4n) is 6.99. The largest absolute Gasteiger partial charge is 0.456 e. The zero-order valence-corrected chi connectivity index (χ0v) is 25.1. The molecule has 2 aliphatic rings. The number of benzene rings is 6. The molecule has 0 amide bonds. The van der Waals surface area contributed by atoms with Crippen molar-refractivity contribution < 1.29 is 4.42 Å². The molecule has 9 rings (SSSR count). The summed E-state index contributed by atoms with van der Waals surface area (Å²) in [7, 11) is 0. The van der Waals surface area contributed by atoms with E-state index in [1.54, 1.807) is 0 Å². The topological polar surface area (TPSA) is 33.5 Å². The summed E-state index contributed by atoms with van der Waals surface area (Å²) in [4.78, 5) is 18.3. The molecule has 210 valence electrons. The molecule has 7 aromatic rings. The van der Waals surface area contributed by atoms with E-state index in [0.29, 0.717) is 21.9 Å². The quantitative estimate of drug-likeness (QED) is 0.189. The fraction of sp³-hybridized carbons (Fsp3) is 0.0750. The van der Waals surface area contributed by atoms with Gasteiger partial charge in [0.2, 0.25) is 5.43 Å². The van der Waals surface area contributed by atoms with E-state index >= 15 is 0 Å². The van der Waals surface area contributed by atoms with Crippen molar-refractivity contribution in [3.05, 3.63) is 149 Å². The molecule has 0 N–H and O–H groups in total. The van der Waals surface area contributed by atoms with Crippen molar-refractivity contribution in [2.24, 2.45) is 0 Å². The highest BCUT2D eigenvalue weighted by molar-refractivity contribution is 7.99. The second-order valence-electron chi connectivity index (χ2n) is 12.1. The summed E-state index contributed by atoms with van der Waals surface area (Å²) in [5.41, 5.74) is 12.0. The maximum Gasteiger partial charge on any atom is 0.200 e. The van der Waals surface area contributed by atoms with Crippen molar-refractivity contribution in [3.8, 4) is 22.3 Å². The van der Waals surface area contributed by atoms with E-state index in [0.717, 1.165) is 22.3 Å². The first-order chi connectivity index (χ1) is 21.5. The number of anilines is 3. The number of rotatable bonds is 2. The number of fused-ring (bicyclic) bond motifs is 6. The lowest BCUT2D eigenvalue weighted by Gasteiger charge is -2.45. The molecule has 0 unspecified atom stereocenters. The van der Waals surface area contributed by atoms with Gasteiger partial charge in [-0.2, -0.15) is 0 Å². The van der Waals surface area contributed by atoms with E-state index in [9.17, 15) is 4.79 Å². The van der Waals surface area contributed by atoms with Crippen molar-refractivity contribution in [3.63, 3.8) is 0 Å². The summed E-state index contributed by atoms with van der Waals surface area (Å²) in [5.74, 6) is 0. The van der Waals surface area contributed by atoms with Crippen LogP contribution < -0.4 is 10.3 Å². The van der Waals surface area contributed by atoms with Crippen LogP contribution in [0.5, 0.6) is 0 Å². The summed E-state index contributed by atoms with van der Waals surface area (Å²) in [6.45, 7) is 4.67. The van der Waals surface area contributed by atoms with Crippen molar-refractivity contribution in [2.75, 3.05) is 4.90 Å². The summed E-state index contributed by atoms with van der Waals surface area (Å²) in [6, 6.07) is 44.2. The monoisotopic (exact) mass is 585 g/mol. The summed E-state index contributed by atoms with van der Waals surface area (Å²) in [6.07, 6.45) is 0. The van der Waals surface area contributed by atoms with E-state index < -0.39 is 0 Å². The van der Waals surface area contributed by atoms with Crippen molar-refractivity contribution in [1.82, 2.24) is 0 Å². The minimum absolute atomic E-state index is 0.00215. The molecule has 4 heteroatoms. The number of nitrogens with zero attached hydrogens (tertiary/aromatic N) is 1. The molecule has 0 fully saturated rings. The molecule has 0 aliphatic carbocycles. The van der Waals surface area contributed by atoms with Crippen LogP contribution in [0.1, 0.15) is 25.0 Å². The van der Waals surface area contributed by atoms with Gasteiger partial charge in [-0.3, -0.25) is 4.79 Å². The Bertz CT molecular complexity index is 2390. The van der Waals surface area contributed by atoms with Crippen LogP contribution in [0.2, 0.25) is 0 Å². The van der Waals surface area contributed by atoms with Crippen molar-refractivity contribution in [2.45, 2.75) is 29.1 Å². The third-order valence-electron chi connectivity index (χ3n) is 9.24. The molecule has 0 radical (unpaired) electrons. The van der Waals surface area contributed by atoms with Crippen LogP contribution in [0.3, 0.4) is 0 Å². The first-order valence-corrected chi connectivity index (χ1v) is 15.7. The Morgan fingerprint density at radius 3 is 2.14 bits per heavy atom. The van der Waals surface area contributed by atoms with Crippen molar-refractivity contribution >= 4 is 50.8 Å². The molecular formula is C40H27NO2S. The normalized spacial score (nSPS) is 14.3. The predicted molar refractivity (Wildman–Crippen MR) is 182 cm³/mol. The second-order valence-corrected chi connectivity index (χ2v) is 13.2. The van der Waals surface area contributed by atoms with Crippen LogP contribution in [0, 0.1) is 0 Å². The van der Waals surface area contributed by atoms with Gasteiger partial charge in [0.1, 0.15) is 11.2 Å². The molecule has 3 heterocycles. The zero-order chi connectivity index (χ0) is 29.6.